The molecule has 3 N–H and O–H groups in total. The molecule has 7 nitrogen and oxygen atoms in total. The molecule has 0 radical (unpaired) electrons. The van der Waals surface area contributed by atoms with Gasteiger partial charge in [0.15, 0.2) is 5.75 Å². The average molecular weight is 292 g/mol. The minimum atomic E-state index is -0.907. The van der Waals surface area contributed by atoms with Crippen molar-refractivity contribution in [3.05, 3.63) is 24.0 Å². The molecule has 0 bridgehead atoms. The molecule has 3 rings (SSSR count). The minimum absolute atomic E-state index is 0.0435. The number of nitrogens with zero attached hydrogens (tertiary/aromatic N) is 2. The number of piperazine rings is 1. The molecule has 1 aliphatic rings. The van der Waals surface area contributed by atoms with Gasteiger partial charge < -0.3 is 24.6 Å². The summed E-state index contributed by atoms with van der Waals surface area (Å²) in [7, 11) is 0. The predicted octanol–water partition coefficient (Wildman–Crippen LogP) is 1.64. The van der Waals surface area contributed by atoms with Crippen molar-refractivity contribution < 1.29 is 24.5 Å². The fourth-order valence-electron chi connectivity index (χ4n) is 2.61. The number of carboxylic acid groups (broad SMARTS) is 1. The highest BCUT2D eigenvalue weighted by molar-refractivity contribution is 5.87. The third-order valence-electron chi connectivity index (χ3n) is 3.82. The van der Waals surface area contributed by atoms with Gasteiger partial charge in [-0.3, -0.25) is 4.90 Å². The lowest BCUT2D eigenvalue weighted by Crippen LogP contribution is -2.47. The molecule has 1 fully saturated rings. The second-order valence-corrected chi connectivity index (χ2v) is 5.11. The van der Waals surface area contributed by atoms with Crippen molar-refractivity contribution in [2.45, 2.75) is 6.54 Å². The molecule has 1 aromatic carbocycles. The lowest BCUT2D eigenvalue weighted by atomic mass is 10.1. The Balaban J connectivity index is 1.80. The van der Waals surface area contributed by atoms with Crippen LogP contribution in [0.5, 0.6) is 11.5 Å². The molecule has 7 heteroatoms. The van der Waals surface area contributed by atoms with Gasteiger partial charge in [0.1, 0.15) is 17.6 Å². The summed E-state index contributed by atoms with van der Waals surface area (Å²) in [4.78, 5) is 14.3. The van der Waals surface area contributed by atoms with E-state index in [-0.39, 0.29) is 11.5 Å². The molecule has 2 aromatic rings. The number of phenols is 1. The molecule has 0 saturated carbocycles. The molecule has 1 amide bonds. The van der Waals surface area contributed by atoms with E-state index in [4.69, 9.17) is 9.52 Å². The second-order valence-electron chi connectivity index (χ2n) is 5.11. The third kappa shape index (κ3) is 2.47. The summed E-state index contributed by atoms with van der Waals surface area (Å²) in [6.45, 7) is 2.51. The van der Waals surface area contributed by atoms with Crippen LogP contribution < -0.4 is 0 Å². The number of furan rings is 1. The summed E-state index contributed by atoms with van der Waals surface area (Å²) < 4.78 is 5.32. The van der Waals surface area contributed by atoms with Crippen LogP contribution in [-0.2, 0) is 6.54 Å². The number of benzene rings is 1. The van der Waals surface area contributed by atoms with E-state index in [2.05, 4.69) is 0 Å². The molecule has 0 atom stereocenters. The van der Waals surface area contributed by atoms with Gasteiger partial charge in [-0.15, -0.1) is 0 Å². The Morgan fingerprint density at radius 1 is 1.14 bits per heavy atom. The van der Waals surface area contributed by atoms with Crippen molar-refractivity contribution in [1.82, 2.24) is 9.80 Å². The lowest BCUT2D eigenvalue weighted by molar-refractivity contribution is 0.102. The van der Waals surface area contributed by atoms with E-state index in [1.54, 1.807) is 6.07 Å². The van der Waals surface area contributed by atoms with Gasteiger partial charge in [0.25, 0.3) is 0 Å². The van der Waals surface area contributed by atoms with Gasteiger partial charge in [-0.05, 0) is 12.1 Å². The number of fused-ring (bicyclic) bond motifs is 1. The van der Waals surface area contributed by atoms with Gasteiger partial charge >= 0.3 is 6.09 Å². The molecule has 112 valence electrons. The van der Waals surface area contributed by atoms with Crippen LogP contribution in [0.2, 0.25) is 0 Å². The third-order valence-corrected chi connectivity index (χ3v) is 3.82. The molecular formula is C14H16N2O5. The first-order valence-corrected chi connectivity index (χ1v) is 6.67. The second kappa shape index (κ2) is 5.17. The Morgan fingerprint density at radius 2 is 1.86 bits per heavy atom. The number of aromatic hydroxyl groups is 2. The van der Waals surface area contributed by atoms with Crippen molar-refractivity contribution in [3.8, 4) is 11.5 Å². The van der Waals surface area contributed by atoms with E-state index in [1.807, 2.05) is 4.90 Å². The van der Waals surface area contributed by atoms with E-state index in [0.29, 0.717) is 49.3 Å². The van der Waals surface area contributed by atoms with E-state index >= 15 is 0 Å². The molecule has 0 spiro atoms. The van der Waals surface area contributed by atoms with E-state index in [9.17, 15) is 15.0 Å². The number of rotatable bonds is 2. The Bertz CT molecular complexity index is 673. The minimum Gasteiger partial charge on any atom is -0.507 e. The fourth-order valence-corrected chi connectivity index (χ4v) is 2.61. The summed E-state index contributed by atoms with van der Waals surface area (Å²) in [5, 5.41) is 29.2. The van der Waals surface area contributed by atoms with Gasteiger partial charge in [0, 0.05) is 32.7 Å². The summed E-state index contributed by atoms with van der Waals surface area (Å²) >= 11 is 0. The molecule has 1 aliphatic heterocycles. The van der Waals surface area contributed by atoms with Gasteiger partial charge in [-0.1, -0.05) is 0 Å². The molecule has 2 heterocycles. The van der Waals surface area contributed by atoms with Crippen molar-refractivity contribution in [2.24, 2.45) is 0 Å². The van der Waals surface area contributed by atoms with Gasteiger partial charge in [-0.2, -0.15) is 0 Å². The van der Waals surface area contributed by atoms with E-state index in [1.165, 1.54) is 17.2 Å². The first-order valence-electron chi connectivity index (χ1n) is 6.67. The Hall–Kier alpha value is -2.41. The highest BCUT2D eigenvalue weighted by Crippen LogP contribution is 2.34. The highest BCUT2D eigenvalue weighted by Gasteiger charge is 2.22. The summed E-state index contributed by atoms with van der Waals surface area (Å²) in [6, 6.07) is 3.13. The summed E-state index contributed by atoms with van der Waals surface area (Å²) in [5.74, 6) is 0.152. The van der Waals surface area contributed by atoms with Crippen LogP contribution in [0, 0.1) is 0 Å². The maximum atomic E-state index is 10.9. The zero-order valence-corrected chi connectivity index (χ0v) is 11.3. The zero-order valence-electron chi connectivity index (χ0n) is 11.3. The fraction of sp³-hybridized carbons (Fsp3) is 0.357. The number of amides is 1. The van der Waals surface area contributed by atoms with E-state index in [0.717, 1.165) is 0 Å². The Kier molecular flexibility index (Phi) is 3.34. The van der Waals surface area contributed by atoms with Crippen molar-refractivity contribution >= 4 is 17.1 Å². The molecule has 1 saturated heterocycles. The predicted molar refractivity (Wildman–Crippen MR) is 74.4 cm³/mol. The number of hydrogen-bond acceptors (Lipinski definition) is 5. The molecule has 1 aromatic heterocycles. The van der Waals surface area contributed by atoms with Gasteiger partial charge in [-0.25, -0.2) is 4.79 Å². The normalized spacial score (nSPS) is 16.5. The number of carbonyl (C=O) groups is 1. The topological polar surface area (TPSA) is 97.4 Å². The van der Waals surface area contributed by atoms with Crippen molar-refractivity contribution in [1.29, 1.82) is 0 Å². The lowest BCUT2D eigenvalue weighted by Gasteiger charge is -2.33. The Labute approximate surface area is 120 Å². The SMILES string of the molecule is O=C(O)N1CCN(Cc2c(O)ccc3c(O)coc23)CC1. The monoisotopic (exact) mass is 292 g/mol. The molecule has 0 unspecified atom stereocenters. The zero-order chi connectivity index (χ0) is 15.0. The first-order chi connectivity index (χ1) is 10.1. The van der Waals surface area contributed by atoms with Gasteiger partial charge in [0.05, 0.1) is 10.9 Å². The Morgan fingerprint density at radius 3 is 2.52 bits per heavy atom. The average Bonchev–Trinajstić information content (AvgIpc) is 2.84. The van der Waals surface area contributed by atoms with Crippen LogP contribution in [-0.4, -0.2) is 57.4 Å². The number of phenolic OH excluding ortho intramolecular Hbond substituents is 1. The smallest absolute Gasteiger partial charge is 0.407 e. The van der Waals surface area contributed by atoms with Crippen molar-refractivity contribution in [3.63, 3.8) is 0 Å². The van der Waals surface area contributed by atoms with E-state index < -0.39 is 6.09 Å². The highest BCUT2D eigenvalue weighted by atomic mass is 16.4. The van der Waals surface area contributed by atoms with Crippen molar-refractivity contribution in [2.75, 3.05) is 26.2 Å². The van der Waals surface area contributed by atoms with Crippen LogP contribution in [0.4, 0.5) is 4.79 Å². The maximum Gasteiger partial charge on any atom is 0.407 e. The maximum absolute atomic E-state index is 10.9. The molecular weight excluding hydrogens is 276 g/mol. The largest absolute Gasteiger partial charge is 0.507 e. The molecule has 21 heavy (non-hydrogen) atoms. The number of hydrogen-bond donors (Lipinski definition) is 3. The first kappa shape index (κ1) is 13.6. The van der Waals surface area contributed by atoms with Crippen LogP contribution in [0.25, 0.3) is 11.0 Å². The van der Waals surface area contributed by atoms with Crippen LogP contribution in [0.15, 0.2) is 22.8 Å². The molecule has 0 aliphatic carbocycles. The summed E-state index contributed by atoms with van der Waals surface area (Å²) in [5.41, 5.74) is 1.07. The summed E-state index contributed by atoms with van der Waals surface area (Å²) in [6.07, 6.45) is 0.339. The standard InChI is InChI=1S/C14H16N2O5/c17-11-2-1-9-12(18)8-21-13(9)10(11)7-15-3-5-16(6-4-15)14(19)20/h1-2,8,17-18H,3-7H2,(H,19,20). The van der Waals surface area contributed by atoms with Gasteiger partial charge in [0.2, 0.25) is 0 Å². The quantitative estimate of drug-likeness (QED) is 0.778. The van der Waals surface area contributed by atoms with Crippen LogP contribution in [0.1, 0.15) is 5.56 Å². The van der Waals surface area contributed by atoms with Crippen LogP contribution in [0.3, 0.4) is 0 Å². The van der Waals surface area contributed by atoms with Crippen LogP contribution >= 0.6 is 0 Å².